The monoisotopic (exact) mass is 288 g/mol. The third-order valence-corrected chi connectivity index (χ3v) is 2.86. The second kappa shape index (κ2) is 6.99. The first kappa shape index (κ1) is 13.6. The Kier molecular flexibility index (Phi) is 5.95. The zero-order chi connectivity index (χ0) is 12.0. The maximum atomic E-state index is 13.5. The molecule has 0 bridgehead atoms. The van der Waals surface area contributed by atoms with Crippen molar-refractivity contribution in [2.75, 3.05) is 26.7 Å². The van der Waals surface area contributed by atoms with Crippen molar-refractivity contribution in [3.8, 4) is 0 Å². The zero-order valence-corrected chi connectivity index (χ0v) is 11.3. The molecule has 1 rings (SSSR count). The van der Waals surface area contributed by atoms with Crippen LogP contribution >= 0.6 is 15.9 Å². The van der Waals surface area contributed by atoms with E-state index >= 15 is 0 Å². The average molecular weight is 289 g/mol. The van der Waals surface area contributed by atoms with Gasteiger partial charge < -0.3 is 10.2 Å². The van der Waals surface area contributed by atoms with Gasteiger partial charge in [0.25, 0.3) is 0 Å². The van der Waals surface area contributed by atoms with Crippen LogP contribution in [0.2, 0.25) is 0 Å². The Labute approximate surface area is 105 Å². The molecule has 0 aliphatic rings. The summed E-state index contributed by atoms with van der Waals surface area (Å²) >= 11 is 3.35. The molecule has 0 aromatic heterocycles. The normalized spacial score (nSPS) is 11.1. The van der Waals surface area contributed by atoms with Crippen molar-refractivity contribution in [1.29, 1.82) is 0 Å². The molecule has 0 amide bonds. The van der Waals surface area contributed by atoms with Crippen molar-refractivity contribution >= 4 is 15.9 Å². The first-order valence-electron chi connectivity index (χ1n) is 5.46. The standard InChI is InChI=1S/C12H18BrFN2/c1-3-15-6-7-16(2)9-10-8-11(13)4-5-12(10)14/h4-5,8,15H,3,6-7,9H2,1-2H3. The van der Waals surface area contributed by atoms with Gasteiger partial charge in [0.2, 0.25) is 0 Å². The SMILES string of the molecule is CCNCCN(C)Cc1cc(Br)ccc1F. The zero-order valence-electron chi connectivity index (χ0n) is 9.76. The summed E-state index contributed by atoms with van der Waals surface area (Å²) in [5.74, 6) is -0.140. The lowest BCUT2D eigenvalue weighted by Crippen LogP contribution is -2.29. The van der Waals surface area contributed by atoms with Gasteiger partial charge in [-0.05, 0) is 31.8 Å². The van der Waals surface area contributed by atoms with E-state index in [4.69, 9.17) is 0 Å². The van der Waals surface area contributed by atoms with Gasteiger partial charge in [0.05, 0.1) is 0 Å². The van der Waals surface area contributed by atoms with E-state index in [-0.39, 0.29) is 5.82 Å². The smallest absolute Gasteiger partial charge is 0.127 e. The molecule has 0 heterocycles. The average Bonchev–Trinajstić information content (AvgIpc) is 2.24. The molecule has 0 aliphatic heterocycles. The highest BCUT2D eigenvalue weighted by Crippen LogP contribution is 2.16. The lowest BCUT2D eigenvalue weighted by atomic mass is 10.2. The van der Waals surface area contributed by atoms with Crippen molar-refractivity contribution in [1.82, 2.24) is 10.2 Å². The van der Waals surface area contributed by atoms with Gasteiger partial charge in [-0.15, -0.1) is 0 Å². The molecule has 90 valence electrons. The van der Waals surface area contributed by atoms with Crippen molar-refractivity contribution in [2.24, 2.45) is 0 Å². The van der Waals surface area contributed by atoms with Crippen LogP contribution in [0.4, 0.5) is 4.39 Å². The van der Waals surface area contributed by atoms with Crippen LogP contribution in [0.25, 0.3) is 0 Å². The Morgan fingerprint density at radius 3 is 2.88 bits per heavy atom. The quantitative estimate of drug-likeness (QED) is 0.810. The predicted octanol–water partition coefficient (Wildman–Crippen LogP) is 2.63. The number of benzene rings is 1. The Balaban J connectivity index is 2.48. The highest BCUT2D eigenvalue weighted by molar-refractivity contribution is 9.10. The molecule has 4 heteroatoms. The summed E-state index contributed by atoms with van der Waals surface area (Å²) < 4.78 is 14.4. The molecule has 0 atom stereocenters. The predicted molar refractivity (Wildman–Crippen MR) is 69.0 cm³/mol. The minimum absolute atomic E-state index is 0.140. The summed E-state index contributed by atoms with van der Waals surface area (Å²) in [5.41, 5.74) is 0.730. The molecule has 0 saturated heterocycles. The summed E-state index contributed by atoms with van der Waals surface area (Å²) in [6, 6.07) is 5.05. The van der Waals surface area contributed by atoms with E-state index in [0.717, 1.165) is 29.7 Å². The molecule has 1 N–H and O–H groups in total. The second-order valence-electron chi connectivity index (χ2n) is 3.83. The van der Waals surface area contributed by atoms with Crippen LogP contribution in [0.3, 0.4) is 0 Å². The van der Waals surface area contributed by atoms with Gasteiger partial charge in [0.1, 0.15) is 5.82 Å². The number of nitrogens with one attached hydrogen (secondary N) is 1. The van der Waals surface area contributed by atoms with Gasteiger partial charge in [-0.25, -0.2) is 4.39 Å². The molecule has 0 saturated carbocycles. The fraction of sp³-hybridized carbons (Fsp3) is 0.500. The molecule has 0 aliphatic carbocycles. The van der Waals surface area contributed by atoms with Gasteiger partial charge in [-0.3, -0.25) is 0 Å². The molecule has 0 fully saturated rings. The van der Waals surface area contributed by atoms with Crippen LogP contribution in [-0.4, -0.2) is 31.6 Å². The maximum absolute atomic E-state index is 13.5. The third kappa shape index (κ3) is 4.60. The third-order valence-electron chi connectivity index (χ3n) is 2.37. The topological polar surface area (TPSA) is 15.3 Å². The van der Waals surface area contributed by atoms with Gasteiger partial charge in [0, 0.05) is 29.7 Å². The molecule has 16 heavy (non-hydrogen) atoms. The molecular weight excluding hydrogens is 271 g/mol. The summed E-state index contributed by atoms with van der Waals surface area (Å²) in [6.07, 6.45) is 0. The Morgan fingerprint density at radius 2 is 2.19 bits per heavy atom. The van der Waals surface area contributed by atoms with E-state index < -0.39 is 0 Å². The molecule has 0 radical (unpaired) electrons. The Hall–Kier alpha value is -0.450. The van der Waals surface area contributed by atoms with Gasteiger partial charge >= 0.3 is 0 Å². The lowest BCUT2D eigenvalue weighted by molar-refractivity contribution is 0.320. The largest absolute Gasteiger partial charge is 0.316 e. The van der Waals surface area contributed by atoms with E-state index in [2.05, 4.69) is 33.1 Å². The molecule has 0 spiro atoms. The lowest BCUT2D eigenvalue weighted by Gasteiger charge is -2.17. The molecule has 0 unspecified atom stereocenters. The molecular formula is C12H18BrFN2. The fourth-order valence-electron chi connectivity index (χ4n) is 1.48. The van der Waals surface area contributed by atoms with E-state index in [1.165, 1.54) is 6.07 Å². The van der Waals surface area contributed by atoms with Crippen molar-refractivity contribution in [3.63, 3.8) is 0 Å². The molecule has 1 aromatic carbocycles. The van der Waals surface area contributed by atoms with Crippen molar-refractivity contribution in [2.45, 2.75) is 13.5 Å². The molecule has 1 aromatic rings. The first-order valence-corrected chi connectivity index (χ1v) is 6.26. The summed E-state index contributed by atoms with van der Waals surface area (Å²) in [6.45, 7) is 5.53. The van der Waals surface area contributed by atoms with E-state index in [1.54, 1.807) is 6.07 Å². The fourth-order valence-corrected chi connectivity index (χ4v) is 1.89. The first-order chi connectivity index (χ1) is 7.63. The summed E-state index contributed by atoms with van der Waals surface area (Å²) in [4.78, 5) is 2.10. The van der Waals surface area contributed by atoms with Crippen LogP contribution in [0, 0.1) is 5.82 Å². The maximum Gasteiger partial charge on any atom is 0.127 e. The highest BCUT2D eigenvalue weighted by Gasteiger charge is 2.05. The highest BCUT2D eigenvalue weighted by atomic mass is 79.9. The van der Waals surface area contributed by atoms with Gasteiger partial charge in [-0.1, -0.05) is 22.9 Å². The van der Waals surface area contributed by atoms with Crippen LogP contribution < -0.4 is 5.32 Å². The number of likely N-dealkylation sites (N-methyl/N-ethyl adjacent to an activating group) is 2. The number of halogens is 2. The van der Waals surface area contributed by atoms with E-state index in [0.29, 0.717) is 6.54 Å². The van der Waals surface area contributed by atoms with Gasteiger partial charge in [-0.2, -0.15) is 0 Å². The van der Waals surface area contributed by atoms with Crippen molar-refractivity contribution in [3.05, 3.63) is 34.1 Å². The van der Waals surface area contributed by atoms with Crippen LogP contribution in [0.1, 0.15) is 12.5 Å². The van der Waals surface area contributed by atoms with Crippen LogP contribution in [0.15, 0.2) is 22.7 Å². The number of hydrogen-bond donors (Lipinski definition) is 1. The van der Waals surface area contributed by atoms with Gasteiger partial charge in [0.15, 0.2) is 0 Å². The molecule has 2 nitrogen and oxygen atoms in total. The summed E-state index contributed by atoms with van der Waals surface area (Å²) in [7, 11) is 2.00. The van der Waals surface area contributed by atoms with E-state index in [9.17, 15) is 4.39 Å². The minimum Gasteiger partial charge on any atom is -0.316 e. The Morgan fingerprint density at radius 1 is 1.44 bits per heavy atom. The number of hydrogen-bond acceptors (Lipinski definition) is 2. The van der Waals surface area contributed by atoms with Crippen LogP contribution in [0.5, 0.6) is 0 Å². The number of nitrogens with zero attached hydrogens (tertiary/aromatic N) is 1. The van der Waals surface area contributed by atoms with E-state index in [1.807, 2.05) is 13.1 Å². The second-order valence-corrected chi connectivity index (χ2v) is 4.74. The summed E-state index contributed by atoms with van der Waals surface area (Å²) in [5, 5.41) is 3.25. The van der Waals surface area contributed by atoms with Crippen molar-refractivity contribution < 1.29 is 4.39 Å². The van der Waals surface area contributed by atoms with Crippen LogP contribution in [-0.2, 0) is 6.54 Å². The number of rotatable bonds is 6. The Bertz CT molecular complexity index is 331. The minimum atomic E-state index is -0.140.